The topological polar surface area (TPSA) is 55.6 Å². The molecule has 2 aliphatic rings. The van der Waals surface area contributed by atoms with Crippen molar-refractivity contribution < 1.29 is 9.53 Å². The van der Waals surface area contributed by atoms with E-state index in [9.17, 15) is 4.79 Å². The Balaban J connectivity index is 1.85. The molecule has 0 spiro atoms. The van der Waals surface area contributed by atoms with Crippen molar-refractivity contribution in [3.05, 3.63) is 18.2 Å². The van der Waals surface area contributed by atoms with Gasteiger partial charge in [-0.2, -0.15) is 0 Å². The second-order valence-electron chi connectivity index (χ2n) is 4.79. The summed E-state index contributed by atoms with van der Waals surface area (Å²) >= 11 is 0. The highest BCUT2D eigenvalue weighted by Gasteiger charge is 2.28. The largest absolute Gasteiger partial charge is 0.482 e. The highest BCUT2D eigenvalue weighted by atomic mass is 16.5. The average Bonchev–Trinajstić information content (AvgIpc) is 3.11. The summed E-state index contributed by atoms with van der Waals surface area (Å²) in [6.07, 6.45) is 3.70. The van der Waals surface area contributed by atoms with Gasteiger partial charge in [0.25, 0.3) is 5.91 Å². The van der Waals surface area contributed by atoms with Crippen LogP contribution in [0.25, 0.3) is 0 Å². The van der Waals surface area contributed by atoms with Crippen LogP contribution in [-0.4, -0.2) is 19.1 Å². The van der Waals surface area contributed by atoms with Crippen molar-refractivity contribution in [3.8, 4) is 5.75 Å². The minimum Gasteiger partial charge on any atom is -0.482 e. The summed E-state index contributed by atoms with van der Waals surface area (Å²) in [5.41, 5.74) is 7.25. The Kier molecular flexibility index (Phi) is 2.42. The Morgan fingerprint density at radius 3 is 3.00 bits per heavy atom. The number of amides is 1. The van der Waals surface area contributed by atoms with Gasteiger partial charge in [-0.25, -0.2) is 0 Å². The molecule has 0 radical (unpaired) electrons. The number of anilines is 2. The van der Waals surface area contributed by atoms with Gasteiger partial charge in [0.2, 0.25) is 0 Å². The number of nitrogens with zero attached hydrogens (tertiary/aromatic N) is 1. The van der Waals surface area contributed by atoms with E-state index < -0.39 is 0 Å². The lowest BCUT2D eigenvalue weighted by atomic mass is 10.2. The summed E-state index contributed by atoms with van der Waals surface area (Å²) in [4.78, 5) is 13.7. The van der Waals surface area contributed by atoms with Crippen LogP contribution in [-0.2, 0) is 4.79 Å². The molecule has 1 aromatic rings. The van der Waals surface area contributed by atoms with Crippen LogP contribution in [0.1, 0.15) is 19.3 Å². The molecule has 1 saturated carbocycles. The molecule has 3 rings (SSSR count). The summed E-state index contributed by atoms with van der Waals surface area (Å²) in [5.74, 6) is 1.61. The number of hydrogen-bond donors (Lipinski definition) is 1. The first-order chi connectivity index (χ1) is 8.24. The Morgan fingerprint density at radius 1 is 1.41 bits per heavy atom. The van der Waals surface area contributed by atoms with Gasteiger partial charge in [-0.05, 0) is 30.5 Å². The molecule has 0 aromatic heterocycles. The van der Waals surface area contributed by atoms with Gasteiger partial charge in [0.05, 0.1) is 5.69 Å². The predicted molar refractivity (Wildman–Crippen MR) is 66.0 cm³/mol. The van der Waals surface area contributed by atoms with Crippen LogP contribution in [0.4, 0.5) is 11.4 Å². The van der Waals surface area contributed by atoms with Crippen molar-refractivity contribution in [2.75, 3.05) is 23.8 Å². The molecule has 4 heteroatoms. The molecule has 4 nitrogen and oxygen atoms in total. The lowest BCUT2D eigenvalue weighted by molar-refractivity contribution is -0.121. The minimum atomic E-state index is 0.0313. The fourth-order valence-electron chi connectivity index (χ4n) is 2.18. The van der Waals surface area contributed by atoms with Crippen LogP contribution in [0.5, 0.6) is 5.75 Å². The Hall–Kier alpha value is -1.71. The van der Waals surface area contributed by atoms with Crippen molar-refractivity contribution in [1.82, 2.24) is 0 Å². The summed E-state index contributed by atoms with van der Waals surface area (Å²) in [6.45, 7) is 0.922. The fraction of sp³-hybridized carbons (Fsp3) is 0.462. The summed E-state index contributed by atoms with van der Waals surface area (Å²) in [5, 5.41) is 0. The van der Waals surface area contributed by atoms with Gasteiger partial charge in [0, 0.05) is 12.2 Å². The average molecular weight is 232 g/mol. The number of benzene rings is 1. The van der Waals surface area contributed by atoms with Gasteiger partial charge in [-0.3, -0.25) is 4.79 Å². The molecule has 1 fully saturated rings. The molecular formula is C13H16N2O2. The molecule has 1 heterocycles. The summed E-state index contributed by atoms with van der Waals surface area (Å²) in [6, 6.07) is 5.45. The standard InChI is InChI=1S/C13H16N2O2/c14-10-3-4-12-11(7-10)15(13(16)8-17-12)6-5-9-1-2-9/h3-4,7,9H,1-2,5-6,8,14H2. The number of ether oxygens (including phenoxy) is 1. The zero-order chi connectivity index (χ0) is 11.8. The molecule has 0 atom stereocenters. The van der Waals surface area contributed by atoms with Crippen LogP contribution >= 0.6 is 0 Å². The van der Waals surface area contributed by atoms with Gasteiger partial charge >= 0.3 is 0 Å². The van der Waals surface area contributed by atoms with E-state index in [0.29, 0.717) is 5.69 Å². The molecule has 2 N–H and O–H groups in total. The molecule has 1 aliphatic heterocycles. The zero-order valence-electron chi connectivity index (χ0n) is 9.69. The van der Waals surface area contributed by atoms with Gasteiger partial charge in [0.15, 0.2) is 6.61 Å². The first-order valence-corrected chi connectivity index (χ1v) is 6.07. The maximum absolute atomic E-state index is 11.9. The van der Waals surface area contributed by atoms with Crippen molar-refractivity contribution in [2.45, 2.75) is 19.3 Å². The molecular weight excluding hydrogens is 216 g/mol. The number of carbonyl (C=O) groups is 1. The molecule has 0 saturated heterocycles. The quantitative estimate of drug-likeness (QED) is 0.808. The molecule has 1 aliphatic carbocycles. The smallest absolute Gasteiger partial charge is 0.265 e. The van der Waals surface area contributed by atoms with E-state index >= 15 is 0 Å². The summed E-state index contributed by atoms with van der Waals surface area (Å²) in [7, 11) is 0. The maximum atomic E-state index is 11.9. The first-order valence-electron chi connectivity index (χ1n) is 6.07. The fourth-order valence-corrected chi connectivity index (χ4v) is 2.18. The van der Waals surface area contributed by atoms with Crippen LogP contribution in [0.3, 0.4) is 0 Å². The number of fused-ring (bicyclic) bond motifs is 1. The SMILES string of the molecule is Nc1ccc2c(c1)N(CCC1CC1)C(=O)CO2. The van der Waals surface area contributed by atoms with E-state index in [1.807, 2.05) is 17.0 Å². The van der Waals surface area contributed by atoms with Crippen molar-refractivity contribution in [2.24, 2.45) is 5.92 Å². The number of hydrogen-bond acceptors (Lipinski definition) is 3. The van der Waals surface area contributed by atoms with Gasteiger partial charge < -0.3 is 15.4 Å². The van der Waals surface area contributed by atoms with Crippen molar-refractivity contribution in [1.29, 1.82) is 0 Å². The minimum absolute atomic E-state index is 0.0313. The summed E-state index contributed by atoms with van der Waals surface area (Å²) < 4.78 is 5.40. The predicted octanol–water partition coefficient (Wildman–Crippen LogP) is 1.79. The van der Waals surface area contributed by atoms with E-state index in [0.717, 1.165) is 30.3 Å². The van der Waals surface area contributed by atoms with Gasteiger partial charge in [-0.15, -0.1) is 0 Å². The van der Waals surface area contributed by atoms with E-state index in [4.69, 9.17) is 10.5 Å². The third-order valence-electron chi connectivity index (χ3n) is 3.38. The van der Waals surface area contributed by atoms with E-state index in [-0.39, 0.29) is 12.5 Å². The third-order valence-corrected chi connectivity index (χ3v) is 3.38. The van der Waals surface area contributed by atoms with Gasteiger partial charge in [-0.1, -0.05) is 12.8 Å². The van der Waals surface area contributed by atoms with Crippen molar-refractivity contribution in [3.63, 3.8) is 0 Å². The molecule has 90 valence electrons. The van der Waals surface area contributed by atoms with E-state index in [1.165, 1.54) is 12.8 Å². The van der Waals surface area contributed by atoms with Crippen molar-refractivity contribution >= 4 is 17.3 Å². The molecule has 17 heavy (non-hydrogen) atoms. The van der Waals surface area contributed by atoms with Gasteiger partial charge in [0.1, 0.15) is 5.75 Å². The third kappa shape index (κ3) is 2.07. The Bertz CT molecular complexity index is 455. The van der Waals surface area contributed by atoms with Crippen LogP contribution in [0, 0.1) is 5.92 Å². The van der Waals surface area contributed by atoms with Crippen LogP contribution < -0.4 is 15.4 Å². The van der Waals surface area contributed by atoms with E-state index in [1.54, 1.807) is 6.07 Å². The van der Waals surface area contributed by atoms with Crippen LogP contribution in [0.15, 0.2) is 18.2 Å². The molecule has 0 bridgehead atoms. The lowest BCUT2D eigenvalue weighted by Crippen LogP contribution is -2.39. The molecule has 1 amide bonds. The molecule has 1 aromatic carbocycles. The zero-order valence-corrected chi connectivity index (χ0v) is 9.69. The molecule has 0 unspecified atom stereocenters. The lowest BCUT2D eigenvalue weighted by Gasteiger charge is -2.29. The highest BCUT2D eigenvalue weighted by molar-refractivity contribution is 5.98. The second kappa shape index (κ2) is 3.95. The van der Waals surface area contributed by atoms with E-state index in [2.05, 4.69) is 0 Å². The maximum Gasteiger partial charge on any atom is 0.265 e. The number of carbonyl (C=O) groups excluding carboxylic acids is 1. The first kappa shape index (κ1) is 10.4. The Labute approximate surface area is 100 Å². The highest BCUT2D eigenvalue weighted by Crippen LogP contribution is 2.37. The van der Waals surface area contributed by atoms with Crippen LogP contribution in [0.2, 0.25) is 0 Å². The second-order valence-corrected chi connectivity index (χ2v) is 4.79. The number of nitrogens with two attached hydrogens (primary N) is 1. The monoisotopic (exact) mass is 232 g/mol. The Morgan fingerprint density at radius 2 is 2.24 bits per heavy atom. The number of nitrogen functional groups attached to an aromatic ring is 1. The number of rotatable bonds is 3. The normalized spacial score (nSPS) is 18.8.